The predicted molar refractivity (Wildman–Crippen MR) is 105 cm³/mol. The number of aromatic nitrogens is 1. The van der Waals surface area contributed by atoms with Gasteiger partial charge in [-0.25, -0.2) is 9.18 Å². The summed E-state index contributed by atoms with van der Waals surface area (Å²) in [6.07, 6.45) is -0.497. The second-order valence-electron chi connectivity index (χ2n) is 7.66. The van der Waals surface area contributed by atoms with E-state index in [9.17, 15) is 19.1 Å². The highest BCUT2D eigenvalue weighted by Crippen LogP contribution is 2.45. The van der Waals surface area contributed by atoms with Crippen molar-refractivity contribution >= 4 is 33.5 Å². The fourth-order valence-electron chi connectivity index (χ4n) is 2.97. The third-order valence-corrected chi connectivity index (χ3v) is 4.67. The molecule has 28 heavy (non-hydrogen) atoms. The van der Waals surface area contributed by atoms with Gasteiger partial charge in [0, 0.05) is 28.3 Å². The summed E-state index contributed by atoms with van der Waals surface area (Å²) in [4.78, 5) is 28.8. The fraction of sp³-hybridized carbons (Fsp3) is 0.350. The second-order valence-corrected chi connectivity index (χ2v) is 8.57. The summed E-state index contributed by atoms with van der Waals surface area (Å²) in [6, 6.07) is 7.54. The zero-order valence-electron chi connectivity index (χ0n) is 15.6. The molecule has 2 N–H and O–H groups in total. The molecule has 0 fully saturated rings. The number of amides is 1. The Hall–Kier alpha value is -2.32. The number of hydrogen-bond acceptors (Lipinski definition) is 5. The summed E-state index contributed by atoms with van der Waals surface area (Å²) >= 11 is 3.21. The molecule has 1 aliphatic rings. The largest absolute Gasteiger partial charge is 0.456 e. The highest BCUT2D eigenvalue weighted by molar-refractivity contribution is 9.10. The number of nitrogens with zero attached hydrogens (tertiary/aromatic N) is 1. The lowest BCUT2D eigenvalue weighted by atomic mass is 9.99. The van der Waals surface area contributed by atoms with E-state index in [0.717, 1.165) is 0 Å². The molecule has 0 bridgehead atoms. The van der Waals surface area contributed by atoms with Crippen molar-refractivity contribution in [1.29, 1.82) is 0 Å². The van der Waals surface area contributed by atoms with Crippen LogP contribution in [0.15, 0.2) is 41.0 Å². The lowest BCUT2D eigenvalue weighted by Gasteiger charge is -2.22. The average molecular weight is 451 g/mol. The van der Waals surface area contributed by atoms with Crippen LogP contribution in [-0.2, 0) is 15.1 Å². The van der Waals surface area contributed by atoms with E-state index in [4.69, 9.17) is 4.74 Å². The number of anilines is 1. The maximum absolute atomic E-state index is 14.3. The number of rotatable bonds is 3. The van der Waals surface area contributed by atoms with Crippen LogP contribution in [0.4, 0.5) is 10.1 Å². The minimum Gasteiger partial charge on any atom is -0.456 e. The molecular weight excluding hydrogens is 431 g/mol. The Bertz CT molecular complexity index is 927. The normalized spacial score (nSPS) is 21.1. The number of esters is 1. The van der Waals surface area contributed by atoms with Gasteiger partial charge in [-0.3, -0.25) is 9.78 Å². The fourth-order valence-corrected chi connectivity index (χ4v) is 3.32. The third-order valence-electron chi connectivity index (χ3n) is 4.24. The number of halogens is 2. The summed E-state index contributed by atoms with van der Waals surface area (Å²) in [5.74, 6) is -1.27. The van der Waals surface area contributed by atoms with Crippen LogP contribution in [0.1, 0.15) is 55.0 Å². The van der Waals surface area contributed by atoms with Crippen LogP contribution in [-0.4, -0.2) is 27.6 Å². The molecule has 0 saturated carbocycles. The van der Waals surface area contributed by atoms with Gasteiger partial charge in [0.2, 0.25) is 0 Å². The summed E-state index contributed by atoms with van der Waals surface area (Å²) in [5.41, 5.74) is -1.81. The Kier molecular flexibility index (Phi) is 5.29. The summed E-state index contributed by atoms with van der Waals surface area (Å²) in [7, 11) is 0. The SMILES string of the molecule is CC(C)(C)OC(=O)c1ccc(NC(=O)C2(O)CC(F)c3cc(Br)cnc32)cc1. The van der Waals surface area contributed by atoms with Gasteiger partial charge in [-0.05, 0) is 67.0 Å². The molecule has 1 aromatic heterocycles. The van der Waals surface area contributed by atoms with Crippen molar-refractivity contribution in [3.63, 3.8) is 0 Å². The Morgan fingerprint density at radius 1 is 1.32 bits per heavy atom. The molecule has 0 saturated heterocycles. The minimum absolute atomic E-state index is 0.00563. The first-order chi connectivity index (χ1) is 13.0. The molecule has 1 amide bonds. The molecule has 6 nitrogen and oxygen atoms in total. The number of hydrogen-bond donors (Lipinski definition) is 2. The van der Waals surface area contributed by atoms with Crippen molar-refractivity contribution < 1.29 is 23.8 Å². The lowest BCUT2D eigenvalue weighted by molar-refractivity contribution is -0.136. The topological polar surface area (TPSA) is 88.5 Å². The van der Waals surface area contributed by atoms with E-state index in [1.54, 1.807) is 20.8 Å². The van der Waals surface area contributed by atoms with Gasteiger partial charge in [-0.1, -0.05) is 0 Å². The van der Waals surface area contributed by atoms with Gasteiger partial charge in [0.25, 0.3) is 5.91 Å². The number of carbonyl (C=O) groups is 2. The number of fused-ring (bicyclic) bond motifs is 1. The standard InChI is InChI=1S/C20H20BrFN2O4/c1-19(2,3)28-17(25)11-4-6-13(7-5-11)24-18(26)20(27)9-15(22)14-8-12(21)10-23-16(14)20/h4-8,10,15,27H,9H2,1-3H3,(H,24,26). The van der Waals surface area contributed by atoms with Gasteiger partial charge < -0.3 is 15.2 Å². The summed E-state index contributed by atoms with van der Waals surface area (Å²) < 4.78 is 20.2. The molecule has 0 aliphatic heterocycles. The number of benzene rings is 1. The zero-order valence-corrected chi connectivity index (χ0v) is 17.2. The average Bonchev–Trinajstić information content (AvgIpc) is 2.85. The highest BCUT2D eigenvalue weighted by Gasteiger charge is 2.50. The molecule has 1 aromatic carbocycles. The van der Waals surface area contributed by atoms with Crippen LogP contribution in [0.25, 0.3) is 0 Å². The zero-order chi connectivity index (χ0) is 20.7. The van der Waals surface area contributed by atoms with Crippen molar-refractivity contribution in [2.24, 2.45) is 0 Å². The molecular formula is C20H20BrFN2O4. The molecule has 2 atom stereocenters. The van der Waals surface area contributed by atoms with Gasteiger partial charge in [0.15, 0.2) is 5.60 Å². The highest BCUT2D eigenvalue weighted by atomic mass is 79.9. The number of nitrogens with one attached hydrogen (secondary N) is 1. The predicted octanol–water partition coefficient (Wildman–Crippen LogP) is 4.04. The van der Waals surface area contributed by atoms with Crippen LogP contribution >= 0.6 is 15.9 Å². The van der Waals surface area contributed by atoms with Crippen LogP contribution in [0.2, 0.25) is 0 Å². The van der Waals surface area contributed by atoms with Crippen molar-refractivity contribution in [2.75, 3.05) is 5.32 Å². The second kappa shape index (κ2) is 7.25. The van der Waals surface area contributed by atoms with E-state index < -0.39 is 35.7 Å². The van der Waals surface area contributed by atoms with Gasteiger partial charge in [0.1, 0.15) is 11.8 Å². The van der Waals surface area contributed by atoms with Crippen molar-refractivity contribution in [3.05, 3.63) is 57.8 Å². The number of alkyl halides is 1. The number of pyridine rings is 1. The van der Waals surface area contributed by atoms with Gasteiger partial charge in [-0.15, -0.1) is 0 Å². The minimum atomic E-state index is -2.07. The van der Waals surface area contributed by atoms with E-state index in [2.05, 4.69) is 26.2 Å². The van der Waals surface area contributed by atoms with Crippen molar-refractivity contribution in [3.8, 4) is 0 Å². The molecule has 2 unspecified atom stereocenters. The van der Waals surface area contributed by atoms with Gasteiger partial charge in [0.05, 0.1) is 11.3 Å². The first kappa shape index (κ1) is 20.4. The molecule has 0 spiro atoms. The van der Waals surface area contributed by atoms with Gasteiger partial charge >= 0.3 is 5.97 Å². The molecule has 3 rings (SSSR count). The van der Waals surface area contributed by atoms with E-state index in [1.807, 2.05) is 0 Å². The lowest BCUT2D eigenvalue weighted by Crippen LogP contribution is -2.39. The molecule has 2 aromatic rings. The third kappa shape index (κ3) is 4.07. The van der Waals surface area contributed by atoms with E-state index in [0.29, 0.717) is 15.7 Å². The number of carbonyl (C=O) groups excluding carboxylic acids is 2. The van der Waals surface area contributed by atoms with Crippen LogP contribution in [0, 0.1) is 0 Å². The van der Waals surface area contributed by atoms with E-state index >= 15 is 0 Å². The number of aliphatic hydroxyl groups is 1. The molecule has 8 heteroatoms. The first-order valence-corrected chi connectivity index (χ1v) is 9.46. The van der Waals surface area contributed by atoms with Gasteiger partial charge in [-0.2, -0.15) is 0 Å². The molecule has 1 aliphatic carbocycles. The maximum Gasteiger partial charge on any atom is 0.338 e. The Morgan fingerprint density at radius 2 is 1.96 bits per heavy atom. The Balaban J connectivity index is 1.76. The summed E-state index contributed by atoms with van der Waals surface area (Å²) in [5, 5.41) is 13.4. The Morgan fingerprint density at radius 3 is 2.57 bits per heavy atom. The smallest absolute Gasteiger partial charge is 0.338 e. The van der Waals surface area contributed by atoms with Crippen molar-refractivity contribution in [2.45, 2.75) is 44.6 Å². The molecule has 1 heterocycles. The maximum atomic E-state index is 14.3. The van der Waals surface area contributed by atoms with Crippen LogP contribution in [0.5, 0.6) is 0 Å². The van der Waals surface area contributed by atoms with Crippen molar-refractivity contribution in [1.82, 2.24) is 4.98 Å². The molecule has 0 radical (unpaired) electrons. The monoisotopic (exact) mass is 450 g/mol. The first-order valence-electron chi connectivity index (χ1n) is 8.67. The summed E-state index contributed by atoms with van der Waals surface area (Å²) in [6.45, 7) is 5.30. The number of ether oxygens (including phenoxy) is 1. The molecule has 148 valence electrons. The van der Waals surface area contributed by atoms with Crippen LogP contribution in [0.3, 0.4) is 0 Å². The van der Waals surface area contributed by atoms with E-state index in [-0.39, 0.29) is 11.3 Å². The Labute approximate surface area is 170 Å². The van der Waals surface area contributed by atoms with Crippen LogP contribution < -0.4 is 5.32 Å². The quantitative estimate of drug-likeness (QED) is 0.688. The van der Waals surface area contributed by atoms with E-state index in [1.165, 1.54) is 36.5 Å².